The summed E-state index contributed by atoms with van der Waals surface area (Å²) < 4.78 is 20.0. The largest absolute Gasteiger partial charge is 0.461 e. The van der Waals surface area contributed by atoms with Crippen molar-refractivity contribution in [2.24, 2.45) is 11.8 Å². The average molecular weight is 406 g/mol. The minimum absolute atomic E-state index is 0.0402. The molecule has 1 aliphatic heterocycles. The van der Waals surface area contributed by atoms with Gasteiger partial charge in [-0.15, -0.1) is 0 Å². The molecular weight excluding hydrogens is 381 g/mol. The highest BCUT2D eigenvalue weighted by Crippen LogP contribution is 2.49. The fraction of sp³-hybridized carbons (Fsp3) is 0.619. The number of hydrogen-bond donors (Lipinski definition) is 0. The van der Waals surface area contributed by atoms with Gasteiger partial charge in [0.05, 0.1) is 4.91 Å². The predicted molar refractivity (Wildman–Crippen MR) is 109 cm³/mol. The first-order valence-corrected chi connectivity index (χ1v) is 11.3. The number of amides is 1. The number of furan rings is 1. The van der Waals surface area contributed by atoms with Gasteiger partial charge in [0.2, 0.25) is 0 Å². The first-order valence-electron chi connectivity index (χ1n) is 10.1. The van der Waals surface area contributed by atoms with Crippen LogP contribution >= 0.6 is 24.0 Å². The SMILES string of the molecule is O=C1/C(=C/c2ccc(C3CCC(F)CC3)o2)SC(=S)N1C1CC2CCC1C2. The number of halogens is 1. The second-order valence-corrected chi connectivity index (χ2v) is 10.2. The van der Waals surface area contributed by atoms with Gasteiger partial charge in [-0.05, 0) is 68.9 Å². The Morgan fingerprint density at radius 3 is 2.67 bits per heavy atom. The van der Waals surface area contributed by atoms with E-state index in [0.717, 1.165) is 30.9 Å². The van der Waals surface area contributed by atoms with Gasteiger partial charge in [-0.1, -0.05) is 30.4 Å². The highest BCUT2D eigenvalue weighted by atomic mass is 32.2. The quantitative estimate of drug-likeness (QED) is 0.480. The maximum absolute atomic E-state index is 13.4. The highest BCUT2D eigenvalue weighted by molar-refractivity contribution is 8.26. The third-order valence-corrected chi connectivity index (χ3v) is 8.17. The Hall–Kier alpha value is -1.14. The Morgan fingerprint density at radius 1 is 1.15 bits per heavy atom. The summed E-state index contributed by atoms with van der Waals surface area (Å²) in [6, 6.07) is 4.19. The monoisotopic (exact) mass is 405 g/mol. The molecule has 0 radical (unpaired) electrons. The molecular formula is C21H24FNO2S2. The van der Waals surface area contributed by atoms with Gasteiger partial charge in [-0.25, -0.2) is 4.39 Å². The zero-order chi connectivity index (χ0) is 18.5. The van der Waals surface area contributed by atoms with Crippen LogP contribution in [0.25, 0.3) is 6.08 Å². The van der Waals surface area contributed by atoms with E-state index in [1.807, 2.05) is 23.1 Å². The van der Waals surface area contributed by atoms with Gasteiger partial charge in [-0.2, -0.15) is 0 Å². The number of carbonyl (C=O) groups excluding carboxylic acids is 1. The summed E-state index contributed by atoms with van der Waals surface area (Å²) in [5.74, 6) is 3.34. The molecule has 3 nitrogen and oxygen atoms in total. The van der Waals surface area contributed by atoms with Gasteiger partial charge in [0, 0.05) is 18.0 Å². The molecule has 3 aliphatic carbocycles. The van der Waals surface area contributed by atoms with E-state index in [2.05, 4.69) is 0 Å². The molecule has 5 rings (SSSR count). The molecule has 1 amide bonds. The molecule has 2 heterocycles. The standard InChI is InChI=1S/C21H24FNO2S2/c22-15-5-3-13(4-6-15)18-8-7-16(25-18)11-19-20(24)23(21(26)27-19)17-10-12-1-2-14(17)9-12/h7-8,11-15,17H,1-6,9-10H2/b19-11-. The maximum atomic E-state index is 13.4. The number of thiocarbonyl (C=S) groups is 1. The Labute approximate surface area is 168 Å². The number of rotatable bonds is 3. The van der Waals surface area contributed by atoms with Crippen molar-refractivity contribution in [3.63, 3.8) is 0 Å². The van der Waals surface area contributed by atoms with E-state index < -0.39 is 6.17 Å². The van der Waals surface area contributed by atoms with Crippen molar-refractivity contribution < 1.29 is 13.6 Å². The van der Waals surface area contributed by atoms with Crippen molar-refractivity contribution >= 4 is 40.3 Å². The number of alkyl halides is 1. The van der Waals surface area contributed by atoms with Gasteiger partial charge in [0.15, 0.2) is 0 Å². The second kappa shape index (κ2) is 7.03. The molecule has 3 saturated carbocycles. The molecule has 4 aliphatic rings. The summed E-state index contributed by atoms with van der Waals surface area (Å²) in [4.78, 5) is 15.5. The normalized spacial score (nSPS) is 37.7. The summed E-state index contributed by atoms with van der Waals surface area (Å²) in [6.45, 7) is 0. The minimum Gasteiger partial charge on any atom is -0.461 e. The number of carbonyl (C=O) groups is 1. The van der Waals surface area contributed by atoms with Crippen LogP contribution in [0.5, 0.6) is 0 Å². The Kier molecular flexibility index (Phi) is 4.67. The number of fused-ring (bicyclic) bond motifs is 2. The average Bonchev–Trinajstić information content (AvgIpc) is 3.42. The van der Waals surface area contributed by atoms with Crippen molar-refractivity contribution in [2.75, 3.05) is 0 Å². The lowest BCUT2D eigenvalue weighted by Crippen LogP contribution is -2.41. The minimum atomic E-state index is -0.664. The smallest absolute Gasteiger partial charge is 0.266 e. The van der Waals surface area contributed by atoms with Crippen LogP contribution in [0.4, 0.5) is 4.39 Å². The lowest BCUT2D eigenvalue weighted by Gasteiger charge is -2.30. The van der Waals surface area contributed by atoms with E-state index in [9.17, 15) is 9.18 Å². The summed E-state index contributed by atoms with van der Waals surface area (Å²) in [6.07, 6.45) is 8.96. The molecule has 144 valence electrons. The molecule has 2 bridgehead atoms. The topological polar surface area (TPSA) is 33.5 Å². The maximum Gasteiger partial charge on any atom is 0.266 e. The molecule has 4 fully saturated rings. The van der Waals surface area contributed by atoms with Crippen LogP contribution in [-0.2, 0) is 4.79 Å². The molecule has 3 unspecified atom stereocenters. The van der Waals surface area contributed by atoms with Gasteiger partial charge >= 0.3 is 0 Å². The van der Waals surface area contributed by atoms with E-state index in [-0.39, 0.29) is 5.91 Å². The molecule has 1 aromatic rings. The van der Waals surface area contributed by atoms with Crippen LogP contribution in [-0.4, -0.2) is 27.3 Å². The summed E-state index contributed by atoms with van der Waals surface area (Å²) in [7, 11) is 0. The molecule has 0 spiro atoms. The van der Waals surface area contributed by atoms with E-state index in [1.54, 1.807) is 0 Å². The molecule has 0 aromatic carbocycles. The molecule has 3 atom stereocenters. The van der Waals surface area contributed by atoms with Crippen LogP contribution in [0.3, 0.4) is 0 Å². The molecule has 1 saturated heterocycles. The van der Waals surface area contributed by atoms with E-state index in [4.69, 9.17) is 16.6 Å². The predicted octanol–water partition coefficient (Wildman–Crippen LogP) is 5.67. The molecule has 0 N–H and O–H groups in total. The van der Waals surface area contributed by atoms with Gasteiger partial charge < -0.3 is 4.42 Å². The number of thioether (sulfide) groups is 1. The second-order valence-electron chi connectivity index (χ2n) is 8.48. The van der Waals surface area contributed by atoms with Crippen molar-refractivity contribution in [1.82, 2.24) is 4.90 Å². The third kappa shape index (κ3) is 3.29. The zero-order valence-corrected chi connectivity index (χ0v) is 16.9. The van der Waals surface area contributed by atoms with Gasteiger partial charge in [-0.3, -0.25) is 9.69 Å². The van der Waals surface area contributed by atoms with Gasteiger partial charge in [0.25, 0.3) is 5.91 Å². The number of hydrogen-bond acceptors (Lipinski definition) is 4. The summed E-state index contributed by atoms with van der Waals surface area (Å²) in [5, 5.41) is 0. The molecule has 6 heteroatoms. The first kappa shape index (κ1) is 17.9. The Bertz CT molecular complexity index is 796. The Morgan fingerprint density at radius 2 is 1.96 bits per heavy atom. The lowest BCUT2D eigenvalue weighted by atomic mass is 9.86. The van der Waals surface area contributed by atoms with Crippen molar-refractivity contribution in [3.05, 3.63) is 28.6 Å². The van der Waals surface area contributed by atoms with Crippen LogP contribution in [0.1, 0.15) is 68.8 Å². The highest BCUT2D eigenvalue weighted by Gasteiger charge is 2.48. The third-order valence-electron chi connectivity index (χ3n) is 6.84. The van der Waals surface area contributed by atoms with E-state index in [1.165, 1.54) is 31.0 Å². The van der Waals surface area contributed by atoms with Gasteiger partial charge in [0.1, 0.15) is 22.0 Å². The van der Waals surface area contributed by atoms with E-state index in [0.29, 0.717) is 45.7 Å². The summed E-state index contributed by atoms with van der Waals surface area (Å²) >= 11 is 6.94. The van der Waals surface area contributed by atoms with Crippen LogP contribution in [0.15, 0.2) is 21.5 Å². The summed E-state index contributed by atoms with van der Waals surface area (Å²) in [5.41, 5.74) is 0. The van der Waals surface area contributed by atoms with Crippen molar-refractivity contribution in [1.29, 1.82) is 0 Å². The van der Waals surface area contributed by atoms with Crippen LogP contribution in [0, 0.1) is 11.8 Å². The fourth-order valence-corrected chi connectivity index (χ4v) is 6.78. The fourth-order valence-electron chi connectivity index (χ4n) is 5.42. The lowest BCUT2D eigenvalue weighted by molar-refractivity contribution is -0.124. The zero-order valence-electron chi connectivity index (χ0n) is 15.2. The number of nitrogens with zero attached hydrogens (tertiary/aromatic N) is 1. The van der Waals surface area contributed by atoms with Crippen molar-refractivity contribution in [2.45, 2.75) is 69.5 Å². The first-order chi connectivity index (χ1) is 13.1. The Balaban J connectivity index is 1.31. The van der Waals surface area contributed by atoms with Crippen molar-refractivity contribution in [3.8, 4) is 0 Å². The van der Waals surface area contributed by atoms with Crippen LogP contribution in [0.2, 0.25) is 0 Å². The van der Waals surface area contributed by atoms with Crippen LogP contribution < -0.4 is 0 Å². The molecule has 1 aromatic heterocycles. The van der Waals surface area contributed by atoms with E-state index >= 15 is 0 Å². The molecule has 27 heavy (non-hydrogen) atoms.